The Morgan fingerprint density at radius 3 is 2.42 bits per heavy atom. The average molecular weight is 430 g/mol. The summed E-state index contributed by atoms with van der Waals surface area (Å²) in [6.45, 7) is 0.964. The van der Waals surface area contributed by atoms with Gasteiger partial charge in [0.2, 0.25) is 5.88 Å². The molecular formula is C22H21F3N4O2. The third-order valence-electron chi connectivity index (χ3n) is 5.25. The van der Waals surface area contributed by atoms with E-state index in [1.807, 2.05) is 30.3 Å². The van der Waals surface area contributed by atoms with Crippen LogP contribution in [0.1, 0.15) is 28.9 Å². The van der Waals surface area contributed by atoms with Gasteiger partial charge in [-0.2, -0.15) is 18.3 Å². The number of amides is 1. The first kappa shape index (κ1) is 20.9. The molecule has 2 aromatic heterocycles. The number of rotatable bonds is 4. The highest BCUT2D eigenvalue weighted by atomic mass is 19.4. The van der Waals surface area contributed by atoms with E-state index in [-0.39, 0.29) is 17.9 Å². The number of piperidine rings is 1. The minimum atomic E-state index is -4.43. The van der Waals surface area contributed by atoms with E-state index in [9.17, 15) is 18.0 Å². The predicted molar refractivity (Wildman–Crippen MR) is 107 cm³/mol. The molecule has 0 radical (unpaired) electrons. The minimum Gasteiger partial charge on any atom is -0.474 e. The Hall–Kier alpha value is -3.36. The number of hydrogen-bond acceptors (Lipinski definition) is 4. The average Bonchev–Trinajstić information content (AvgIpc) is 3.16. The number of hydrogen-bond donors (Lipinski definition) is 0. The van der Waals surface area contributed by atoms with Crippen molar-refractivity contribution in [2.24, 2.45) is 7.05 Å². The molecule has 0 N–H and O–H groups in total. The van der Waals surface area contributed by atoms with Crippen LogP contribution in [0.2, 0.25) is 0 Å². The molecule has 0 bridgehead atoms. The molecule has 1 aromatic carbocycles. The van der Waals surface area contributed by atoms with Crippen LogP contribution in [-0.2, 0) is 13.2 Å². The number of alkyl halides is 3. The number of nitrogens with zero attached hydrogens (tertiary/aromatic N) is 4. The maximum Gasteiger partial charge on any atom is 0.417 e. The molecule has 3 heterocycles. The van der Waals surface area contributed by atoms with Crippen molar-refractivity contribution in [1.29, 1.82) is 0 Å². The van der Waals surface area contributed by atoms with Crippen LogP contribution in [0.3, 0.4) is 0 Å². The van der Waals surface area contributed by atoms with Gasteiger partial charge in [-0.25, -0.2) is 4.98 Å². The summed E-state index contributed by atoms with van der Waals surface area (Å²) in [5.74, 6) is 0.0419. The third kappa shape index (κ3) is 4.70. The number of ether oxygens (including phenoxy) is 1. The molecule has 4 rings (SSSR count). The van der Waals surface area contributed by atoms with Crippen LogP contribution in [0.25, 0.3) is 11.3 Å². The van der Waals surface area contributed by atoms with E-state index in [1.54, 1.807) is 22.7 Å². The monoisotopic (exact) mass is 430 g/mol. The van der Waals surface area contributed by atoms with Gasteiger partial charge in [-0.05, 0) is 12.1 Å². The number of likely N-dealkylation sites (tertiary alicyclic amines) is 1. The SMILES string of the molecule is Cn1nc(-c2ccccc2)cc1C(=O)N1CCC(Oc2ccc(C(F)(F)F)cn2)CC1. The summed E-state index contributed by atoms with van der Waals surface area (Å²) in [5, 5.41) is 4.45. The van der Waals surface area contributed by atoms with Crippen molar-refractivity contribution < 1.29 is 22.7 Å². The maximum atomic E-state index is 13.0. The Bertz CT molecular complexity index is 1040. The number of carbonyl (C=O) groups is 1. The van der Waals surface area contributed by atoms with Crippen LogP contribution in [0.15, 0.2) is 54.7 Å². The van der Waals surface area contributed by atoms with Crippen LogP contribution in [0.5, 0.6) is 5.88 Å². The van der Waals surface area contributed by atoms with Crippen LogP contribution >= 0.6 is 0 Å². The number of halogens is 3. The topological polar surface area (TPSA) is 60.2 Å². The van der Waals surface area contributed by atoms with E-state index in [0.29, 0.717) is 31.6 Å². The van der Waals surface area contributed by atoms with Gasteiger partial charge in [0.15, 0.2) is 0 Å². The second-order valence-corrected chi connectivity index (χ2v) is 7.40. The third-order valence-corrected chi connectivity index (χ3v) is 5.25. The van der Waals surface area contributed by atoms with E-state index < -0.39 is 11.7 Å². The van der Waals surface area contributed by atoms with Gasteiger partial charge in [0.1, 0.15) is 11.8 Å². The highest BCUT2D eigenvalue weighted by molar-refractivity contribution is 5.93. The highest BCUT2D eigenvalue weighted by Crippen LogP contribution is 2.29. The number of carbonyl (C=O) groups excluding carboxylic acids is 1. The van der Waals surface area contributed by atoms with Gasteiger partial charge in [0.25, 0.3) is 5.91 Å². The molecule has 0 aliphatic carbocycles. The van der Waals surface area contributed by atoms with Crippen LogP contribution in [-0.4, -0.2) is 44.8 Å². The summed E-state index contributed by atoms with van der Waals surface area (Å²) in [4.78, 5) is 18.5. The van der Waals surface area contributed by atoms with Crippen molar-refractivity contribution in [3.05, 3.63) is 66.0 Å². The fourth-order valence-corrected chi connectivity index (χ4v) is 3.54. The number of benzene rings is 1. The molecule has 1 aliphatic rings. The quantitative estimate of drug-likeness (QED) is 0.623. The molecule has 9 heteroatoms. The van der Waals surface area contributed by atoms with Gasteiger partial charge >= 0.3 is 6.18 Å². The molecular weight excluding hydrogens is 409 g/mol. The summed E-state index contributed by atoms with van der Waals surface area (Å²) < 4.78 is 45.2. The summed E-state index contributed by atoms with van der Waals surface area (Å²) >= 11 is 0. The lowest BCUT2D eigenvalue weighted by molar-refractivity contribution is -0.137. The number of aromatic nitrogens is 3. The standard InChI is InChI=1S/C22H21F3N4O2/c1-28-19(13-18(27-28)15-5-3-2-4-6-15)21(30)29-11-9-17(10-12-29)31-20-8-7-16(14-26-20)22(23,24)25/h2-8,13-14,17H,9-12H2,1H3. The second-order valence-electron chi connectivity index (χ2n) is 7.40. The fourth-order valence-electron chi connectivity index (χ4n) is 3.54. The van der Waals surface area contributed by atoms with Crippen molar-refractivity contribution in [2.75, 3.05) is 13.1 Å². The lowest BCUT2D eigenvalue weighted by atomic mass is 10.1. The lowest BCUT2D eigenvalue weighted by Crippen LogP contribution is -2.42. The Labute approximate surface area is 177 Å². The summed E-state index contributed by atoms with van der Waals surface area (Å²) in [7, 11) is 1.74. The fraction of sp³-hybridized carbons (Fsp3) is 0.318. The van der Waals surface area contributed by atoms with Crippen molar-refractivity contribution >= 4 is 5.91 Å². The molecule has 0 spiro atoms. The Balaban J connectivity index is 1.36. The molecule has 162 valence electrons. The largest absolute Gasteiger partial charge is 0.474 e. The highest BCUT2D eigenvalue weighted by Gasteiger charge is 2.31. The maximum absolute atomic E-state index is 13.0. The summed E-state index contributed by atoms with van der Waals surface area (Å²) in [6, 6.07) is 13.6. The van der Waals surface area contributed by atoms with Gasteiger partial charge in [0, 0.05) is 50.8 Å². The van der Waals surface area contributed by atoms with E-state index in [4.69, 9.17) is 4.74 Å². The van der Waals surface area contributed by atoms with Crippen LogP contribution in [0.4, 0.5) is 13.2 Å². The molecule has 0 atom stereocenters. The number of aryl methyl sites for hydroxylation is 1. The van der Waals surface area contributed by atoms with Crippen LogP contribution in [0, 0.1) is 0 Å². The normalized spacial score (nSPS) is 15.2. The van der Waals surface area contributed by atoms with Crippen molar-refractivity contribution in [3.63, 3.8) is 0 Å². The molecule has 3 aromatic rings. The molecule has 1 saturated heterocycles. The van der Waals surface area contributed by atoms with E-state index in [0.717, 1.165) is 23.5 Å². The second kappa shape index (κ2) is 8.41. The molecule has 1 fully saturated rings. The Kier molecular flexibility index (Phi) is 5.67. The Morgan fingerprint density at radius 2 is 1.81 bits per heavy atom. The van der Waals surface area contributed by atoms with Crippen molar-refractivity contribution in [2.45, 2.75) is 25.1 Å². The smallest absolute Gasteiger partial charge is 0.417 e. The van der Waals surface area contributed by atoms with Crippen molar-refractivity contribution in [1.82, 2.24) is 19.7 Å². The van der Waals surface area contributed by atoms with Gasteiger partial charge in [0.05, 0.1) is 11.3 Å². The lowest BCUT2D eigenvalue weighted by Gasteiger charge is -2.31. The van der Waals surface area contributed by atoms with Crippen LogP contribution < -0.4 is 4.74 Å². The first-order chi connectivity index (χ1) is 14.8. The summed E-state index contributed by atoms with van der Waals surface area (Å²) in [6.07, 6.45) is -2.74. The zero-order valence-corrected chi connectivity index (χ0v) is 16.8. The molecule has 1 amide bonds. The van der Waals surface area contributed by atoms with Gasteiger partial charge < -0.3 is 9.64 Å². The molecule has 1 aliphatic heterocycles. The zero-order valence-electron chi connectivity index (χ0n) is 16.8. The van der Waals surface area contributed by atoms with Gasteiger partial charge in [-0.1, -0.05) is 30.3 Å². The van der Waals surface area contributed by atoms with Crippen molar-refractivity contribution in [3.8, 4) is 17.1 Å². The van der Waals surface area contributed by atoms with Gasteiger partial charge in [-0.3, -0.25) is 9.48 Å². The molecule has 0 saturated carbocycles. The Morgan fingerprint density at radius 1 is 1.10 bits per heavy atom. The summed E-state index contributed by atoms with van der Waals surface area (Å²) in [5.41, 5.74) is 1.36. The first-order valence-electron chi connectivity index (χ1n) is 9.90. The molecule has 6 nitrogen and oxygen atoms in total. The predicted octanol–water partition coefficient (Wildman–Crippen LogP) is 4.18. The number of pyridine rings is 1. The van der Waals surface area contributed by atoms with Gasteiger partial charge in [-0.15, -0.1) is 0 Å². The molecule has 0 unspecified atom stereocenters. The first-order valence-corrected chi connectivity index (χ1v) is 9.90. The molecule has 31 heavy (non-hydrogen) atoms. The van der Waals surface area contributed by atoms with E-state index in [2.05, 4.69) is 10.1 Å². The van der Waals surface area contributed by atoms with E-state index in [1.165, 1.54) is 6.07 Å². The minimum absolute atomic E-state index is 0.108. The zero-order chi connectivity index (χ0) is 22.0. The van der Waals surface area contributed by atoms with E-state index >= 15 is 0 Å².